The molecule has 0 amide bonds. The highest BCUT2D eigenvalue weighted by atomic mass is 16.4. The standard InChI is InChI=1S/C2H4O3.C2H6O2/c3-1-2(4)5;3-1-2-4/h3H,1H2,(H,4,5);3-4H,1-2H2. The molecule has 56 valence electrons. The first-order chi connectivity index (χ1) is 4.18. The zero-order chi connectivity index (χ0) is 7.70. The van der Waals surface area contributed by atoms with E-state index in [1.54, 1.807) is 0 Å². The highest BCUT2D eigenvalue weighted by Crippen LogP contribution is 1.48. The number of hydrogen-bond donors (Lipinski definition) is 4. The Bertz CT molecular complexity index is 60.0. The average molecular weight is 138 g/mol. The number of hydrogen-bond acceptors (Lipinski definition) is 4. The molecule has 0 aromatic carbocycles. The number of aliphatic hydroxyl groups excluding tert-OH is 3. The normalized spacial score (nSPS) is 7.44. The summed E-state index contributed by atoms with van der Waals surface area (Å²) in [6.07, 6.45) is 0. The van der Waals surface area contributed by atoms with E-state index in [9.17, 15) is 0 Å². The molecule has 0 aliphatic rings. The Morgan fingerprint density at radius 2 is 1.33 bits per heavy atom. The van der Waals surface area contributed by atoms with Crippen LogP contribution in [0.4, 0.5) is 0 Å². The summed E-state index contributed by atoms with van der Waals surface area (Å²) < 4.78 is 0. The van der Waals surface area contributed by atoms with Gasteiger partial charge in [0.05, 0.1) is 13.2 Å². The van der Waals surface area contributed by atoms with Crippen LogP contribution in [0.25, 0.3) is 0 Å². The van der Waals surface area contributed by atoms with E-state index in [1.807, 2.05) is 0 Å². The minimum absolute atomic E-state index is 0.125. The Morgan fingerprint density at radius 3 is 1.33 bits per heavy atom. The van der Waals surface area contributed by atoms with Gasteiger partial charge in [0.1, 0.15) is 6.61 Å². The smallest absolute Gasteiger partial charge is 0.329 e. The average Bonchev–Trinajstić information content (AvgIpc) is 1.89. The quantitative estimate of drug-likeness (QED) is 0.355. The van der Waals surface area contributed by atoms with Crippen molar-refractivity contribution in [1.82, 2.24) is 0 Å². The molecule has 0 unspecified atom stereocenters. The van der Waals surface area contributed by atoms with Crippen LogP contribution in [0.3, 0.4) is 0 Å². The maximum Gasteiger partial charge on any atom is 0.329 e. The molecule has 5 nitrogen and oxygen atoms in total. The van der Waals surface area contributed by atoms with E-state index in [1.165, 1.54) is 0 Å². The van der Waals surface area contributed by atoms with E-state index < -0.39 is 12.6 Å². The van der Waals surface area contributed by atoms with Crippen molar-refractivity contribution in [1.29, 1.82) is 0 Å². The topological polar surface area (TPSA) is 98.0 Å². The molecule has 0 aromatic heterocycles. The summed E-state index contributed by atoms with van der Waals surface area (Å²) >= 11 is 0. The van der Waals surface area contributed by atoms with Crippen LogP contribution < -0.4 is 0 Å². The molecule has 0 aliphatic carbocycles. The molecule has 4 N–H and O–H groups in total. The van der Waals surface area contributed by atoms with Crippen molar-refractivity contribution >= 4 is 5.97 Å². The van der Waals surface area contributed by atoms with Crippen LogP contribution >= 0.6 is 0 Å². The minimum Gasteiger partial charge on any atom is -0.480 e. The molecule has 0 aromatic rings. The molecule has 0 atom stereocenters. The Kier molecular flexibility index (Phi) is 12.9. The van der Waals surface area contributed by atoms with Crippen LogP contribution in [-0.2, 0) is 4.79 Å². The maximum atomic E-state index is 9.12. The molecular weight excluding hydrogens is 128 g/mol. The van der Waals surface area contributed by atoms with E-state index >= 15 is 0 Å². The molecule has 0 radical (unpaired) electrons. The van der Waals surface area contributed by atoms with Crippen molar-refractivity contribution in [2.24, 2.45) is 0 Å². The van der Waals surface area contributed by atoms with Crippen LogP contribution in [-0.4, -0.2) is 46.2 Å². The van der Waals surface area contributed by atoms with E-state index in [4.69, 9.17) is 25.2 Å². The third-order valence-corrected chi connectivity index (χ3v) is 0.235. The first-order valence-electron chi connectivity index (χ1n) is 2.23. The number of aliphatic hydroxyl groups is 3. The number of rotatable bonds is 2. The molecule has 5 heteroatoms. The predicted molar refractivity (Wildman–Crippen MR) is 28.9 cm³/mol. The number of carboxylic acid groups (broad SMARTS) is 1. The highest BCUT2D eigenvalue weighted by Gasteiger charge is 1.82. The van der Waals surface area contributed by atoms with Crippen molar-refractivity contribution < 1.29 is 25.2 Å². The lowest BCUT2D eigenvalue weighted by molar-refractivity contribution is -0.140. The van der Waals surface area contributed by atoms with Gasteiger partial charge in [-0.25, -0.2) is 4.79 Å². The largest absolute Gasteiger partial charge is 0.480 e. The Morgan fingerprint density at radius 1 is 1.11 bits per heavy atom. The van der Waals surface area contributed by atoms with E-state index in [0.29, 0.717) is 0 Å². The molecule has 0 spiro atoms. The van der Waals surface area contributed by atoms with Crippen LogP contribution in [0, 0.1) is 0 Å². The van der Waals surface area contributed by atoms with Gasteiger partial charge in [0.2, 0.25) is 0 Å². The third kappa shape index (κ3) is 38.1. The second kappa shape index (κ2) is 10.4. The second-order valence-electron chi connectivity index (χ2n) is 0.999. The van der Waals surface area contributed by atoms with Crippen LogP contribution in [0.5, 0.6) is 0 Å². The summed E-state index contributed by atoms with van der Waals surface area (Å²) in [6, 6.07) is 0. The van der Waals surface area contributed by atoms with Crippen molar-refractivity contribution in [2.45, 2.75) is 0 Å². The van der Waals surface area contributed by atoms with E-state index in [0.717, 1.165) is 0 Å². The maximum absolute atomic E-state index is 9.12. The van der Waals surface area contributed by atoms with Gasteiger partial charge >= 0.3 is 5.97 Å². The predicted octanol–water partition coefficient (Wildman–Crippen LogP) is -1.97. The number of carboxylic acids is 1. The van der Waals surface area contributed by atoms with E-state index in [-0.39, 0.29) is 13.2 Å². The van der Waals surface area contributed by atoms with Gasteiger partial charge in [-0.2, -0.15) is 0 Å². The summed E-state index contributed by atoms with van der Waals surface area (Å²) in [5, 5.41) is 30.3. The molecule has 0 aliphatic heterocycles. The summed E-state index contributed by atoms with van der Waals surface area (Å²) in [6.45, 7) is -1.03. The van der Waals surface area contributed by atoms with Gasteiger partial charge < -0.3 is 20.4 Å². The van der Waals surface area contributed by atoms with Crippen LogP contribution in [0.15, 0.2) is 0 Å². The van der Waals surface area contributed by atoms with Crippen molar-refractivity contribution in [3.8, 4) is 0 Å². The molecule has 0 saturated carbocycles. The Hall–Kier alpha value is -0.650. The lowest BCUT2D eigenvalue weighted by Gasteiger charge is -1.72. The highest BCUT2D eigenvalue weighted by molar-refractivity contribution is 5.67. The number of aliphatic carboxylic acids is 1. The van der Waals surface area contributed by atoms with Gasteiger partial charge in [-0.05, 0) is 0 Å². The molecule has 0 fully saturated rings. The summed E-state index contributed by atoms with van der Waals surface area (Å²) in [7, 11) is 0. The second-order valence-corrected chi connectivity index (χ2v) is 0.999. The summed E-state index contributed by atoms with van der Waals surface area (Å²) in [4.78, 5) is 9.12. The zero-order valence-corrected chi connectivity index (χ0v) is 4.82. The zero-order valence-electron chi connectivity index (χ0n) is 4.82. The van der Waals surface area contributed by atoms with Gasteiger partial charge in [0.15, 0.2) is 0 Å². The van der Waals surface area contributed by atoms with Gasteiger partial charge in [-0.3, -0.25) is 0 Å². The Balaban J connectivity index is 0. The fourth-order valence-electron chi connectivity index (χ4n) is 0. The third-order valence-electron chi connectivity index (χ3n) is 0.235. The molecule has 0 bridgehead atoms. The summed E-state index contributed by atoms with van der Waals surface area (Å²) in [5.41, 5.74) is 0. The molecule has 0 saturated heterocycles. The van der Waals surface area contributed by atoms with Crippen LogP contribution in [0.2, 0.25) is 0 Å². The first kappa shape index (κ1) is 11.2. The van der Waals surface area contributed by atoms with Crippen molar-refractivity contribution in [2.75, 3.05) is 19.8 Å². The lowest BCUT2D eigenvalue weighted by atomic mass is 10.8. The Labute approximate surface area is 52.2 Å². The SMILES string of the molecule is O=C(O)CO.OCCO. The molecule has 9 heavy (non-hydrogen) atoms. The minimum atomic E-state index is -1.19. The fraction of sp³-hybridized carbons (Fsp3) is 0.750. The molecule has 0 heterocycles. The molecule has 0 rings (SSSR count). The van der Waals surface area contributed by atoms with Gasteiger partial charge in [-0.1, -0.05) is 0 Å². The molecular formula is C4H10O5. The van der Waals surface area contributed by atoms with Gasteiger partial charge in [0.25, 0.3) is 0 Å². The van der Waals surface area contributed by atoms with Crippen LogP contribution in [0.1, 0.15) is 0 Å². The van der Waals surface area contributed by atoms with Crippen molar-refractivity contribution in [3.05, 3.63) is 0 Å². The van der Waals surface area contributed by atoms with Crippen molar-refractivity contribution in [3.63, 3.8) is 0 Å². The monoisotopic (exact) mass is 138 g/mol. The summed E-state index contributed by atoms with van der Waals surface area (Å²) in [5.74, 6) is -1.19. The van der Waals surface area contributed by atoms with Gasteiger partial charge in [-0.15, -0.1) is 0 Å². The lowest BCUT2D eigenvalue weighted by Crippen LogP contribution is -1.98. The van der Waals surface area contributed by atoms with Gasteiger partial charge in [0, 0.05) is 0 Å². The van der Waals surface area contributed by atoms with E-state index in [2.05, 4.69) is 0 Å². The number of carbonyl (C=O) groups is 1. The first-order valence-corrected chi connectivity index (χ1v) is 2.23. The fourth-order valence-corrected chi connectivity index (χ4v) is 0.